The molecule has 4 aromatic heterocycles. The van der Waals surface area contributed by atoms with Crippen molar-refractivity contribution < 1.29 is 59.6 Å². The summed E-state index contributed by atoms with van der Waals surface area (Å²) < 4.78 is 97.5. The molecule has 472 valence electrons. The monoisotopic (exact) mass is 1270 g/mol. The Labute approximate surface area is 518 Å². The number of aromatic nitrogens is 5. The summed E-state index contributed by atoms with van der Waals surface area (Å²) in [5.41, 5.74) is 4.20. The minimum Gasteiger partial charge on any atom is -0.428 e. The largest absolute Gasteiger partial charge is 0.428 e. The van der Waals surface area contributed by atoms with Crippen LogP contribution >= 0.6 is 11.6 Å². The zero-order chi connectivity index (χ0) is 62.3. The van der Waals surface area contributed by atoms with Crippen molar-refractivity contribution in [3.8, 4) is 11.1 Å². The van der Waals surface area contributed by atoms with Gasteiger partial charge in [-0.1, -0.05) is 35.9 Å². The van der Waals surface area contributed by atoms with Crippen molar-refractivity contribution >= 4 is 88.6 Å². The van der Waals surface area contributed by atoms with Gasteiger partial charge in [-0.15, -0.1) is 0 Å². The highest BCUT2D eigenvalue weighted by Crippen LogP contribution is 2.38. The van der Waals surface area contributed by atoms with E-state index in [0.29, 0.717) is 112 Å². The molecule has 3 aromatic carbocycles. The van der Waals surface area contributed by atoms with Crippen molar-refractivity contribution in [2.45, 2.75) is 75.0 Å². The second-order valence-corrected chi connectivity index (χ2v) is 27.2. The number of nitrogens with zero attached hydrogens (tertiary/aromatic N) is 8. The van der Waals surface area contributed by atoms with Crippen LogP contribution in [-0.4, -0.2) is 186 Å². The predicted octanol–water partition coefficient (Wildman–Crippen LogP) is 8.35. The smallest absolute Gasteiger partial charge is 0.314 e. The summed E-state index contributed by atoms with van der Waals surface area (Å²) in [4.78, 5) is 43.5. The van der Waals surface area contributed by atoms with Crippen LogP contribution in [0.2, 0.25) is 5.02 Å². The number of fused-ring (bicyclic) bond motifs is 2. The number of carbonyl (C=O) groups is 2. The molecule has 9 rings (SSSR count). The third-order valence-corrected chi connectivity index (χ3v) is 19.4. The van der Waals surface area contributed by atoms with E-state index >= 15 is 0 Å². The van der Waals surface area contributed by atoms with E-state index in [2.05, 4.69) is 52.6 Å². The number of benzene rings is 3. The maximum absolute atomic E-state index is 14.5. The lowest BCUT2D eigenvalue weighted by Crippen LogP contribution is -2.47. The van der Waals surface area contributed by atoms with Gasteiger partial charge in [0, 0.05) is 86.1 Å². The normalized spacial score (nSPS) is 14.9. The van der Waals surface area contributed by atoms with Crippen LogP contribution in [0.3, 0.4) is 0 Å². The van der Waals surface area contributed by atoms with E-state index < -0.39 is 49.3 Å². The van der Waals surface area contributed by atoms with Crippen molar-refractivity contribution in [1.29, 1.82) is 0 Å². The summed E-state index contributed by atoms with van der Waals surface area (Å²) >= 11 is 6.43. The van der Waals surface area contributed by atoms with Gasteiger partial charge in [0.15, 0.2) is 15.7 Å². The van der Waals surface area contributed by atoms with Crippen molar-refractivity contribution in [3.05, 3.63) is 120 Å². The number of hydrogen-bond donors (Lipinski definition) is 2. The van der Waals surface area contributed by atoms with Crippen LogP contribution in [0.1, 0.15) is 53.0 Å². The quantitative estimate of drug-likeness (QED) is 0.0243. The first kappa shape index (κ1) is 65.5. The van der Waals surface area contributed by atoms with Gasteiger partial charge in [-0.3, -0.25) is 19.5 Å². The zero-order valence-corrected chi connectivity index (χ0v) is 52.7. The number of hydrogen-bond acceptors (Lipinski definition) is 21. The molecule has 0 spiro atoms. The number of rotatable bonds is 30. The molecule has 7 aromatic rings. The molecule has 0 bridgehead atoms. The summed E-state index contributed by atoms with van der Waals surface area (Å²) in [5, 5.41) is 11.1. The number of pyridine rings is 2. The van der Waals surface area contributed by atoms with Gasteiger partial charge in [0.1, 0.15) is 5.02 Å². The van der Waals surface area contributed by atoms with E-state index in [9.17, 15) is 26.4 Å². The van der Waals surface area contributed by atoms with E-state index in [1.165, 1.54) is 10.5 Å². The van der Waals surface area contributed by atoms with E-state index in [-0.39, 0.29) is 46.2 Å². The fourth-order valence-corrected chi connectivity index (χ4v) is 13.0. The van der Waals surface area contributed by atoms with E-state index in [1.807, 2.05) is 18.2 Å². The number of carbonyl (C=O) groups excluding carboxylic acids is 2. The van der Waals surface area contributed by atoms with Gasteiger partial charge in [-0.25, -0.2) is 26.3 Å². The molecule has 23 nitrogen and oxygen atoms in total. The van der Waals surface area contributed by atoms with Gasteiger partial charge in [0.05, 0.1) is 122 Å². The van der Waals surface area contributed by atoms with E-state index in [0.717, 1.165) is 49.5 Å². The fourth-order valence-electron chi connectivity index (χ4n) is 9.95. The molecule has 0 unspecified atom stereocenters. The molecular formula is C62H77ClN10O13S2. The highest BCUT2D eigenvalue weighted by Gasteiger charge is 2.33. The first-order chi connectivity index (χ1) is 42.3. The Morgan fingerprint density at radius 1 is 0.727 bits per heavy atom. The molecule has 2 aliphatic heterocycles. The van der Waals surface area contributed by atoms with Crippen LogP contribution in [0.25, 0.3) is 27.5 Å². The second kappa shape index (κ2) is 30.5. The minimum absolute atomic E-state index is 0.120. The first-order valence-electron chi connectivity index (χ1n) is 29.4. The Hall–Kier alpha value is -6.91. The summed E-state index contributed by atoms with van der Waals surface area (Å²) in [6.45, 7) is 16.9. The molecule has 0 atom stereocenters. The maximum Gasteiger partial charge on any atom is 0.314 e. The number of piperidine rings is 1. The molecule has 0 saturated carbocycles. The van der Waals surface area contributed by atoms with Crippen LogP contribution in [0, 0.1) is 5.41 Å². The van der Waals surface area contributed by atoms with Crippen molar-refractivity contribution in [2.75, 3.05) is 128 Å². The molecule has 2 saturated heterocycles. The number of esters is 2. The fraction of sp³-hybridized carbons (Fsp3) is 0.452. The minimum atomic E-state index is -4.00. The van der Waals surface area contributed by atoms with Crippen molar-refractivity contribution in [2.24, 2.45) is 5.41 Å². The van der Waals surface area contributed by atoms with Crippen LogP contribution in [-0.2, 0) is 69.0 Å². The third kappa shape index (κ3) is 17.3. The van der Waals surface area contributed by atoms with Gasteiger partial charge < -0.3 is 48.7 Å². The first-order valence-corrected chi connectivity index (χ1v) is 32.8. The van der Waals surface area contributed by atoms with E-state index in [1.54, 1.807) is 112 Å². The number of halogens is 1. The predicted molar refractivity (Wildman–Crippen MR) is 335 cm³/mol. The van der Waals surface area contributed by atoms with Gasteiger partial charge in [-0.05, 0) is 114 Å². The van der Waals surface area contributed by atoms with Gasteiger partial charge in [-0.2, -0.15) is 14.4 Å². The summed E-state index contributed by atoms with van der Waals surface area (Å²) in [5.74, 6) is -0.521. The maximum atomic E-state index is 14.5. The number of nitrogens with one attached hydrogen (secondary N) is 2. The summed E-state index contributed by atoms with van der Waals surface area (Å²) in [6, 6.07) is 25.4. The molecule has 6 heterocycles. The molecule has 2 fully saturated rings. The Morgan fingerprint density at radius 2 is 1.41 bits per heavy atom. The van der Waals surface area contributed by atoms with Gasteiger partial charge in [0.2, 0.25) is 22.8 Å². The van der Waals surface area contributed by atoms with Gasteiger partial charge >= 0.3 is 11.9 Å². The Bertz CT molecular complexity index is 3710. The molecular weight excluding hydrogens is 1190 g/mol. The molecule has 0 radical (unpaired) electrons. The SMILES string of the molecule is CC(C)S(=O)(=O)c1ccccc1Nc1nc(Nc2ccc(N3CCN(CCOCCOCCOCCOCCOC4CCN(S(=O)(=O)c5ccc6cccnc6c5-c5ccn6ncc(CC(=O)OCOC(=O)C(C)(C)C)c6c5)CC4)CC3)cc2)ncc1Cl. The second-order valence-electron chi connectivity index (χ2n) is 22.5. The van der Waals surface area contributed by atoms with Crippen LogP contribution in [0.15, 0.2) is 120 Å². The zero-order valence-electron chi connectivity index (χ0n) is 50.3. The number of ether oxygens (including phenoxy) is 7. The highest BCUT2D eigenvalue weighted by atomic mass is 35.5. The molecule has 88 heavy (non-hydrogen) atoms. The van der Waals surface area contributed by atoms with Crippen LogP contribution in [0.5, 0.6) is 0 Å². The van der Waals surface area contributed by atoms with Crippen molar-refractivity contribution in [3.63, 3.8) is 0 Å². The molecule has 0 aliphatic carbocycles. The molecule has 2 aliphatic rings. The number of para-hydroxylation sites is 1. The lowest BCUT2D eigenvalue weighted by Gasteiger charge is -2.36. The lowest BCUT2D eigenvalue weighted by molar-refractivity contribution is -0.172. The average Bonchev–Trinajstić information content (AvgIpc) is 1.71. The summed E-state index contributed by atoms with van der Waals surface area (Å²) in [6.07, 6.45) is 7.12. The lowest BCUT2D eigenvalue weighted by atomic mass is 9.98. The Kier molecular flexibility index (Phi) is 22.7. The number of sulfonamides is 1. The molecule has 0 amide bonds. The Balaban J connectivity index is 0.607. The summed E-state index contributed by atoms with van der Waals surface area (Å²) in [7, 11) is -7.55. The third-order valence-electron chi connectivity index (χ3n) is 14.9. The molecule has 2 N–H and O–H groups in total. The number of anilines is 5. The van der Waals surface area contributed by atoms with Gasteiger partial charge in [0.25, 0.3) is 0 Å². The van der Waals surface area contributed by atoms with E-state index in [4.69, 9.17) is 44.8 Å². The number of sulfone groups is 1. The van der Waals surface area contributed by atoms with Crippen LogP contribution < -0.4 is 15.5 Å². The van der Waals surface area contributed by atoms with Crippen molar-refractivity contribution in [1.82, 2.24) is 33.8 Å². The standard InChI is InChI=1S/C62H77ClN10O13S2/c1-44(2)87(76,77)54-11-7-6-10-52(54)68-59-51(63)42-65-61(69-59)67-48-13-15-49(16-14-48)71-27-25-70(26-28-71)29-30-80-31-32-81-33-34-82-35-36-83-37-38-84-50-19-22-72(23-20-50)88(78,79)55-17-12-45-9-8-21-64-58(45)57(55)46-18-24-73-53(39-46)47(41-66-73)40-56(74)85-43-86-60(75)62(3,4)5/h6-18,21,24,39,41-42,44,50H,19-20,22-23,25-38,40,43H2,1-5H3,(H2,65,67,68,69). The molecule has 26 heteroatoms. The number of piperazine rings is 1. The average molecular weight is 1270 g/mol. The topological polar surface area (TPSA) is 257 Å². The highest BCUT2D eigenvalue weighted by molar-refractivity contribution is 7.92. The Morgan fingerprint density at radius 3 is 2.10 bits per heavy atom. The van der Waals surface area contributed by atoms with Crippen LogP contribution in [0.4, 0.5) is 28.8 Å².